The van der Waals surface area contributed by atoms with Crippen LogP contribution < -0.4 is 10.6 Å². The van der Waals surface area contributed by atoms with E-state index in [4.69, 9.17) is 0 Å². The molecule has 0 aliphatic carbocycles. The van der Waals surface area contributed by atoms with Crippen LogP contribution in [0.15, 0.2) is 30.3 Å². The molecule has 1 aromatic carbocycles. The molecular weight excluding hydrogens is 547 g/mol. The summed E-state index contributed by atoms with van der Waals surface area (Å²) in [6.07, 6.45) is 3.89. The van der Waals surface area contributed by atoms with E-state index in [9.17, 15) is 33.4 Å². The Bertz CT molecular complexity index is 1110. The summed E-state index contributed by atoms with van der Waals surface area (Å²) in [7, 11) is -4.24. The molecule has 227 valence electrons. The fourth-order valence-corrected chi connectivity index (χ4v) is 6.20. The molecule has 41 heavy (non-hydrogen) atoms. The Morgan fingerprint density at radius 3 is 2.37 bits per heavy atom. The van der Waals surface area contributed by atoms with Gasteiger partial charge in [0.2, 0.25) is 37.3 Å². The highest BCUT2D eigenvalue weighted by Gasteiger charge is 2.38. The minimum absolute atomic E-state index is 0.0273. The van der Waals surface area contributed by atoms with Crippen molar-refractivity contribution in [3.63, 3.8) is 0 Å². The molecule has 11 nitrogen and oxygen atoms in total. The second-order valence-corrected chi connectivity index (χ2v) is 13.7. The average molecular weight is 592 g/mol. The number of carbonyl (C=O) groups is 4. The number of carbonyl (C=O) groups excluding carboxylic acids is 5. The van der Waals surface area contributed by atoms with E-state index >= 15 is 0 Å². The van der Waals surface area contributed by atoms with Crippen LogP contribution in [0, 0.1) is 5.92 Å². The number of rotatable bonds is 15. The molecule has 1 heterocycles. The average Bonchev–Trinajstić information content (AvgIpc) is 3.41. The van der Waals surface area contributed by atoms with Gasteiger partial charge in [0.25, 0.3) is 0 Å². The molecule has 5 atom stereocenters. The van der Waals surface area contributed by atoms with Crippen LogP contribution in [0.1, 0.15) is 72.3 Å². The van der Waals surface area contributed by atoms with Gasteiger partial charge in [-0.1, -0.05) is 44.2 Å². The predicted octanol–water partition coefficient (Wildman–Crippen LogP) is 2.57. The predicted molar refractivity (Wildman–Crippen MR) is 155 cm³/mol. The van der Waals surface area contributed by atoms with Crippen molar-refractivity contribution in [2.45, 2.75) is 97.1 Å². The molecule has 1 aliphatic rings. The molecule has 3 N–H and O–H groups in total. The number of likely N-dealkylation sites (tertiary alicyclic amines) is 1. The summed E-state index contributed by atoms with van der Waals surface area (Å²) < 4.78 is 13.4. The van der Waals surface area contributed by atoms with Crippen molar-refractivity contribution >= 4 is 37.3 Å². The van der Waals surface area contributed by atoms with E-state index in [1.165, 1.54) is 25.7 Å². The van der Waals surface area contributed by atoms with E-state index in [0.717, 1.165) is 10.5 Å². The minimum atomic E-state index is -4.24. The fraction of sp³-hybridized carbons (Fsp3) is 0.621. The molecule has 12 heteroatoms. The van der Waals surface area contributed by atoms with Crippen molar-refractivity contribution in [3.05, 3.63) is 35.9 Å². The van der Waals surface area contributed by atoms with Gasteiger partial charge < -0.3 is 25.3 Å². The molecule has 0 saturated carbocycles. The third kappa shape index (κ3) is 10.4. The maximum absolute atomic E-state index is 13.4. The summed E-state index contributed by atoms with van der Waals surface area (Å²) in [4.78, 5) is 75.9. The second kappa shape index (κ2) is 15.8. The molecule has 1 saturated heterocycles. The van der Waals surface area contributed by atoms with E-state index in [1.54, 1.807) is 0 Å². The normalized spacial score (nSPS) is 18.6. The highest BCUT2D eigenvalue weighted by Crippen LogP contribution is 2.46. The lowest BCUT2D eigenvalue weighted by atomic mass is 10.0. The van der Waals surface area contributed by atoms with Crippen molar-refractivity contribution in [2.24, 2.45) is 5.92 Å². The van der Waals surface area contributed by atoms with E-state index < -0.39 is 55.3 Å². The lowest BCUT2D eigenvalue weighted by Crippen LogP contribution is -2.53. The number of hydrogen-bond donors (Lipinski definition) is 3. The van der Waals surface area contributed by atoms with Crippen LogP contribution in [-0.4, -0.2) is 81.3 Å². The molecule has 1 aliphatic heterocycles. The van der Waals surface area contributed by atoms with Gasteiger partial charge in [-0.05, 0) is 57.4 Å². The van der Waals surface area contributed by atoms with Crippen LogP contribution >= 0.6 is 7.37 Å². The smallest absolute Gasteiger partial charge is 0.243 e. The lowest BCUT2D eigenvalue weighted by Gasteiger charge is -2.33. The quantitative estimate of drug-likeness (QED) is 0.265. The number of aryl methyl sites for hydroxylation is 1. The molecule has 0 aromatic heterocycles. The van der Waals surface area contributed by atoms with Gasteiger partial charge in [-0.3, -0.25) is 28.5 Å². The first-order valence-corrected chi connectivity index (χ1v) is 16.1. The third-order valence-corrected chi connectivity index (χ3v) is 9.30. The fourth-order valence-electron chi connectivity index (χ4n) is 4.83. The number of benzene rings is 1. The lowest BCUT2D eigenvalue weighted by molar-refractivity contribution is -0.138. The standard InChI is InChI=1S/C29H44N4O7P/c1-20(2)17-25(18-34)33(27(36)15-9-13-24-11-7-6-8-12-24)19-41(39,40)22(4)31-28(37)21(3)30-29(38)26-14-10-16-32(26)23(5)35/h6-8,11-12,20-22,25-26H,9-10,13-17,19H2,1-5H3,(H,30,38)(H,31,37)(H,39,40)/t21-,22?,25-,26-/m0/s1. The second-order valence-electron chi connectivity index (χ2n) is 11.1. The highest BCUT2D eigenvalue weighted by molar-refractivity contribution is 7.58. The van der Waals surface area contributed by atoms with Gasteiger partial charge in [-0.15, -0.1) is 0 Å². The van der Waals surface area contributed by atoms with Gasteiger partial charge in [-0.25, -0.2) is 0 Å². The third-order valence-electron chi connectivity index (χ3n) is 7.25. The maximum atomic E-state index is 13.4. The van der Waals surface area contributed by atoms with Gasteiger partial charge in [0.05, 0.1) is 12.3 Å². The van der Waals surface area contributed by atoms with Gasteiger partial charge in [0.15, 0.2) is 0 Å². The Labute approximate surface area is 242 Å². The first-order valence-electron chi connectivity index (χ1n) is 14.2. The molecule has 0 spiro atoms. The van der Waals surface area contributed by atoms with E-state index in [1.807, 2.05) is 50.5 Å². The Hall–Kier alpha value is -3.04. The maximum Gasteiger partial charge on any atom is 0.243 e. The van der Waals surface area contributed by atoms with Gasteiger partial charge in [-0.2, -0.15) is 0 Å². The molecule has 1 aromatic rings. The summed E-state index contributed by atoms with van der Waals surface area (Å²) in [5, 5.41) is 5.05. The molecule has 1 fully saturated rings. The summed E-state index contributed by atoms with van der Waals surface area (Å²) in [5.41, 5.74) is 1.06. The molecule has 2 rings (SSSR count). The molecule has 4 amide bonds. The molecular formula is C29H44N4O7P. The molecule has 1 radical (unpaired) electrons. The largest absolute Gasteiger partial charge is 0.343 e. The number of nitrogens with one attached hydrogen (secondary N) is 2. The van der Waals surface area contributed by atoms with Crippen LogP contribution in [-0.2, 0) is 35.0 Å². The van der Waals surface area contributed by atoms with E-state index in [0.29, 0.717) is 32.2 Å². The monoisotopic (exact) mass is 591 g/mol. The van der Waals surface area contributed by atoms with Crippen LogP contribution in [0.25, 0.3) is 0 Å². The van der Waals surface area contributed by atoms with E-state index in [2.05, 4.69) is 10.6 Å². The summed E-state index contributed by atoms with van der Waals surface area (Å²) >= 11 is 0. The first kappa shape index (κ1) is 34.2. The minimum Gasteiger partial charge on any atom is -0.343 e. The number of amides is 4. The summed E-state index contributed by atoms with van der Waals surface area (Å²) in [6.45, 7) is 8.39. The first-order chi connectivity index (χ1) is 19.3. The Kier molecular flexibility index (Phi) is 13.2. The Morgan fingerprint density at radius 2 is 1.78 bits per heavy atom. The van der Waals surface area contributed by atoms with Crippen LogP contribution in [0.4, 0.5) is 0 Å². The summed E-state index contributed by atoms with van der Waals surface area (Å²) in [6, 6.07) is 6.91. The van der Waals surface area contributed by atoms with Gasteiger partial charge >= 0.3 is 0 Å². The van der Waals surface area contributed by atoms with Crippen LogP contribution in [0.5, 0.6) is 0 Å². The Balaban J connectivity index is 2.05. The SMILES string of the molecule is CC(=O)N1CCC[C@H]1C(=O)N[C@@H](C)C(=O)NC(C)P(=O)(O)CN(C(=O)CCCc1ccccc1)[C@H]([C]=O)CC(C)C. The van der Waals surface area contributed by atoms with Crippen molar-refractivity contribution in [1.82, 2.24) is 20.4 Å². The zero-order chi connectivity index (χ0) is 30.7. The molecule has 0 bridgehead atoms. The summed E-state index contributed by atoms with van der Waals surface area (Å²) in [5.74, 6) is -3.05. The Morgan fingerprint density at radius 1 is 1.12 bits per heavy atom. The van der Waals surface area contributed by atoms with Crippen molar-refractivity contribution in [2.75, 3.05) is 12.8 Å². The zero-order valence-corrected chi connectivity index (χ0v) is 25.6. The number of nitrogens with zero attached hydrogens (tertiary/aromatic N) is 2. The van der Waals surface area contributed by atoms with Crippen LogP contribution in [0.2, 0.25) is 0 Å². The van der Waals surface area contributed by atoms with Gasteiger partial charge in [0.1, 0.15) is 17.9 Å². The van der Waals surface area contributed by atoms with E-state index in [-0.39, 0.29) is 24.7 Å². The number of hydrogen-bond acceptors (Lipinski definition) is 6. The zero-order valence-electron chi connectivity index (χ0n) is 24.7. The van der Waals surface area contributed by atoms with Crippen molar-refractivity contribution < 1.29 is 33.4 Å². The van der Waals surface area contributed by atoms with Crippen LogP contribution in [0.3, 0.4) is 0 Å². The van der Waals surface area contributed by atoms with Crippen molar-refractivity contribution in [3.8, 4) is 0 Å². The topological polar surface area (TPSA) is 153 Å². The highest BCUT2D eigenvalue weighted by atomic mass is 31.2. The van der Waals surface area contributed by atoms with Gasteiger partial charge in [0, 0.05) is 19.9 Å². The molecule has 2 unspecified atom stereocenters. The van der Waals surface area contributed by atoms with Crippen molar-refractivity contribution in [1.29, 1.82) is 0 Å².